The maximum Gasteiger partial charge on any atom is 0.329 e. The molecule has 61 valence electrons. The fraction of sp³-hybridized carbons (Fsp3) is 1.00. The Morgan fingerprint density at radius 2 is 1.56 bits per heavy atom. The second-order valence-corrected chi connectivity index (χ2v) is 2.07. The second kappa shape index (κ2) is 9.05. The minimum absolute atomic E-state index is 0. The Bertz CT molecular complexity index is 49.1. The molecule has 0 saturated carbocycles. The van der Waals surface area contributed by atoms with Crippen molar-refractivity contribution in [2.75, 3.05) is 13.2 Å². The summed E-state index contributed by atoms with van der Waals surface area (Å²) in [5.74, 6) is 0. The minimum atomic E-state index is -1.58. The second-order valence-electron chi connectivity index (χ2n) is 1.07. The van der Waals surface area contributed by atoms with Crippen LogP contribution in [0.25, 0.3) is 0 Å². The molecule has 0 unspecified atom stereocenters. The van der Waals surface area contributed by atoms with Gasteiger partial charge in [-0.05, 0) is 13.8 Å². The van der Waals surface area contributed by atoms with Gasteiger partial charge in [-0.2, -0.15) is 0 Å². The monoisotopic (exact) mass is 245 g/mol. The molecule has 1 radical (unpaired) electrons. The van der Waals surface area contributed by atoms with Crippen LogP contribution in [-0.4, -0.2) is 18.1 Å². The van der Waals surface area contributed by atoms with Crippen LogP contribution in [0.15, 0.2) is 0 Å². The number of hydrogen-bond acceptors (Lipinski definition) is 3. The van der Waals surface area contributed by atoms with E-state index in [1.807, 2.05) is 13.8 Å². The van der Waals surface area contributed by atoms with E-state index >= 15 is 0 Å². The topological polar surface area (TPSA) is 38.7 Å². The molecule has 0 aliphatic heterocycles. The zero-order chi connectivity index (χ0) is 6.41. The standard InChI is InChI=1S/C4H11O3P.Ag/c1-3-6-8(5)7-4-2;/h5H,3-4H2,1-2H3;. The molecule has 0 atom stereocenters. The van der Waals surface area contributed by atoms with Crippen molar-refractivity contribution in [3.8, 4) is 0 Å². The van der Waals surface area contributed by atoms with Crippen LogP contribution < -0.4 is 0 Å². The maximum atomic E-state index is 8.67. The van der Waals surface area contributed by atoms with Gasteiger partial charge in [-0.3, -0.25) is 0 Å². The molecular weight excluding hydrogens is 235 g/mol. The number of hydrogen-bond donors (Lipinski definition) is 1. The Morgan fingerprint density at radius 3 is 1.78 bits per heavy atom. The zero-order valence-electron chi connectivity index (χ0n) is 5.43. The van der Waals surface area contributed by atoms with Crippen LogP contribution in [0.1, 0.15) is 13.8 Å². The van der Waals surface area contributed by atoms with Gasteiger partial charge in [-0.15, -0.1) is 0 Å². The van der Waals surface area contributed by atoms with Crippen molar-refractivity contribution >= 4 is 8.60 Å². The average Bonchev–Trinajstić information content (AvgIpc) is 1.68. The van der Waals surface area contributed by atoms with E-state index < -0.39 is 8.60 Å². The first-order chi connectivity index (χ1) is 3.81. The van der Waals surface area contributed by atoms with E-state index in [1.54, 1.807) is 0 Å². The third-order valence-corrected chi connectivity index (χ3v) is 1.44. The van der Waals surface area contributed by atoms with Crippen molar-refractivity contribution < 1.29 is 36.3 Å². The molecule has 0 amide bonds. The predicted octanol–water partition coefficient (Wildman–Crippen LogP) is 1.28. The van der Waals surface area contributed by atoms with Crippen LogP contribution >= 0.6 is 8.60 Å². The Hall–Kier alpha value is 1.05. The Morgan fingerprint density at radius 1 is 1.22 bits per heavy atom. The zero-order valence-corrected chi connectivity index (χ0v) is 7.80. The summed E-state index contributed by atoms with van der Waals surface area (Å²) < 4.78 is 9.36. The fourth-order valence-corrected chi connectivity index (χ4v) is 0.774. The summed E-state index contributed by atoms with van der Waals surface area (Å²) in [5, 5.41) is 0. The largest absolute Gasteiger partial charge is 0.329 e. The summed E-state index contributed by atoms with van der Waals surface area (Å²) in [6.07, 6.45) is 0. The minimum Gasteiger partial charge on any atom is -0.328 e. The average molecular weight is 246 g/mol. The summed E-state index contributed by atoms with van der Waals surface area (Å²) in [6.45, 7) is 4.62. The van der Waals surface area contributed by atoms with Crippen molar-refractivity contribution in [2.45, 2.75) is 13.8 Å². The SMILES string of the molecule is CCOP(O)OCC.[Ag]. The van der Waals surface area contributed by atoms with E-state index in [4.69, 9.17) is 4.89 Å². The van der Waals surface area contributed by atoms with Gasteiger partial charge >= 0.3 is 8.60 Å². The quantitative estimate of drug-likeness (QED) is 0.599. The molecular formula is C4H11AgO3P. The summed E-state index contributed by atoms with van der Waals surface area (Å²) in [4.78, 5) is 8.67. The molecule has 1 N–H and O–H groups in total. The third kappa shape index (κ3) is 9.05. The molecule has 0 fully saturated rings. The molecule has 0 bridgehead atoms. The summed E-state index contributed by atoms with van der Waals surface area (Å²) >= 11 is 0. The molecule has 0 heterocycles. The van der Waals surface area contributed by atoms with E-state index in [0.29, 0.717) is 13.2 Å². The molecule has 0 saturated heterocycles. The van der Waals surface area contributed by atoms with Crippen molar-refractivity contribution in [3.05, 3.63) is 0 Å². The van der Waals surface area contributed by atoms with Crippen LogP contribution in [0.5, 0.6) is 0 Å². The van der Waals surface area contributed by atoms with Gasteiger partial charge in [0.1, 0.15) is 0 Å². The van der Waals surface area contributed by atoms with Crippen molar-refractivity contribution in [1.82, 2.24) is 0 Å². The Kier molecular flexibility index (Phi) is 12.8. The first-order valence-corrected chi connectivity index (χ1v) is 3.69. The maximum absolute atomic E-state index is 8.67. The van der Waals surface area contributed by atoms with Crippen LogP contribution in [0.2, 0.25) is 0 Å². The van der Waals surface area contributed by atoms with Gasteiger partial charge in [0.25, 0.3) is 0 Å². The van der Waals surface area contributed by atoms with Crippen molar-refractivity contribution in [2.24, 2.45) is 0 Å². The molecule has 0 aliphatic carbocycles. The van der Waals surface area contributed by atoms with Gasteiger partial charge in [-0.25, -0.2) is 0 Å². The molecule has 0 aliphatic rings. The van der Waals surface area contributed by atoms with Gasteiger partial charge in [0.05, 0.1) is 13.2 Å². The third-order valence-electron chi connectivity index (χ3n) is 0.479. The van der Waals surface area contributed by atoms with Gasteiger partial charge < -0.3 is 13.9 Å². The van der Waals surface area contributed by atoms with Gasteiger partial charge in [0.15, 0.2) is 0 Å². The van der Waals surface area contributed by atoms with Gasteiger partial charge in [0.2, 0.25) is 0 Å². The molecule has 0 aromatic carbocycles. The van der Waals surface area contributed by atoms with Crippen LogP contribution in [0.3, 0.4) is 0 Å². The van der Waals surface area contributed by atoms with Crippen molar-refractivity contribution in [1.29, 1.82) is 0 Å². The Balaban J connectivity index is 0. The summed E-state index contributed by atoms with van der Waals surface area (Å²) in [5.41, 5.74) is 0. The summed E-state index contributed by atoms with van der Waals surface area (Å²) in [6, 6.07) is 0. The number of rotatable bonds is 4. The normalized spacial score (nSPS) is 9.33. The first-order valence-electron chi connectivity index (χ1n) is 2.56. The molecule has 0 rings (SSSR count). The fourth-order valence-electron chi connectivity index (χ4n) is 0.258. The van der Waals surface area contributed by atoms with E-state index in [2.05, 4.69) is 9.05 Å². The van der Waals surface area contributed by atoms with Crippen molar-refractivity contribution in [3.63, 3.8) is 0 Å². The first kappa shape index (κ1) is 12.7. The summed E-state index contributed by atoms with van der Waals surface area (Å²) in [7, 11) is -1.58. The Labute approximate surface area is 72.2 Å². The van der Waals surface area contributed by atoms with Gasteiger partial charge in [0, 0.05) is 22.4 Å². The smallest absolute Gasteiger partial charge is 0.328 e. The van der Waals surface area contributed by atoms with E-state index in [9.17, 15) is 0 Å². The molecule has 0 aromatic rings. The molecule has 0 aromatic heterocycles. The molecule has 0 spiro atoms. The van der Waals surface area contributed by atoms with Crippen LogP contribution in [0.4, 0.5) is 0 Å². The van der Waals surface area contributed by atoms with Crippen LogP contribution in [0, 0.1) is 0 Å². The molecule has 3 nitrogen and oxygen atoms in total. The molecule has 9 heavy (non-hydrogen) atoms. The van der Waals surface area contributed by atoms with E-state index in [0.717, 1.165) is 0 Å². The van der Waals surface area contributed by atoms with Crippen LogP contribution in [-0.2, 0) is 31.4 Å². The predicted molar refractivity (Wildman–Crippen MR) is 32.4 cm³/mol. The van der Waals surface area contributed by atoms with Gasteiger partial charge in [-0.1, -0.05) is 0 Å². The van der Waals surface area contributed by atoms with E-state index in [-0.39, 0.29) is 22.4 Å². The van der Waals surface area contributed by atoms with E-state index in [1.165, 1.54) is 0 Å². The molecule has 5 heteroatoms.